The summed E-state index contributed by atoms with van der Waals surface area (Å²) in [6, 6.07) is 8.65. The van der Waals surface area contributed by atoms with Crippen molar-refractivity contribution in [2.45, 2.75) is 19.4 Å². The lowest BCUT2D eigenvalue weighted by Gasteiger charge is -2.22. The van der Waals surface area contributed by atoms with Crippen LogP contribution in [0.2, 0.25) is 5.02 Å². The highest BCUT2D eigenvalue weighted by Crippen LogP contribution is 2.20. The van der Waals surface area contributed by atoms with Crippen LogP contribution in [0.25, 0.3) is 0 Å². The first kappa shape index (κ1) is 19.7. The monoisotopic (exact) mass is 350 g/mol. The van der Waals surface area contributed by atoms with Crippen molar-refractivity contribution in [1.29, 1.82) is 5.26 Å². The number of halogens is 1. The first-order valence-electron chi connectivity index (χ1n) is 7.31. The number of carbonyl (C=O) groups excluding carboxylic acids is 2. The van der Waals surface area contributed by atoms with Gasteiger partial charge in [0.2, 0.25) is 0 Å². The minimum Gasteiger partial charge on any atom is -0.454 e. The zero-order valence-corrected chi connectivity index (χ0v) is 14.2. The van der Waals surface area contributed by atoms with Gasteiger partial charge in [0.25, 0.3) is 5.91 Å². The number of esters is 1. The van der Waals surface area contributed by atoms with Crippen molar-refractivity contribution in [3.63, 3.8) is 0 Å². The molecule has 128 valence electrons. The van der Waals surface area contributed by atoms with E-state index >= 15 is 0 Å². The van der Waals surface area contributed by atoms with Crippen LogP contribution in [0.4, 0.5) is 5.69 Å². The number of anilines is 1. The van der Waals surface area contributed by atoms with Crippen molar-refractivity contribution >= 4 is 29.2 Å². The molecule has 7 heteroatoms. The van der Waals surface area contributed by atoms with Crippen LogP contribution in [0, 0.1) is 11.3 Å². The van der Waals surface area contributed by atoms with Crippen LogP contribution in [0.1, 0.15) is 13.3 Å². The molecule has 24 heavy (non-hydrogen) atoms. The summed E-state index contributed by atoms with van der Waals surface area (Å²) in [4.78, 5) is 25.5. The molecule has 0 bridgehead atoms. The number of amides is 1. The van der Waals surface area contributed by atoms with Crippen LogP contribution in [-0.2, 0) is 19.1 Å². The molecule has 0 aliphatic rings. The highest BCUT2D eigenvalue weighted by Gasteiger charge is 2.20. The minimum atomic E-state index is -0.797. The van der Waals surface area contributed by atoms with Gasteiger partial charge >= 0.3 is 5.97 Å². The van der Waals surface area contributed by atoms with Crippen LogP contribution >= 0.6 is 11.6 Å². The van der Waals surface area contributed by atoms with E-state index in [2.05, 4.69) is 6.58 Å². The molecule has 0 spiro atoms. The van der Waals surface area contributed by atoms with Gasteiger partial charge in [-0.05, 0) is 25.1 Å². The molecule has 0 saturated heterocycles. The number of rotatable bonds is 9. The van der Waals surface area contributed by atoms with Gasteiger partial charge in [-0.15, -0.1) is 6.58 Å². The molecule has 0 radical (unpaired) electrons. The second-order valence-electron chi connectivity index (χ2n) is 4.81. The van der Waals surface area contributed by atoms with Gasteiger partial charge in [-0.25, -0.2) is 4.79 Å². The van der Waals surface area contributed by atoms with E-state index in [0.717, 1.165) is 0 Å². The van der Waals surface area contributed by atoms with Gasteiger partial charge in [0.1, 0.15) is 0 Å². The predicted octanol–water partition coefficient (Wildman–Crippen LogP) is 2.72. The Morgan fingerprint density at radius 2 is 2.25 bits per heavy atom. The summed E-state index contributed by atoms with van der Waals surface area (Å²) in [6.45, 7) is 4.95. The highest BCUT2D eigenvalue weighted by atomic mass is 35.5. The Morgan fingerprint density at radius 1 is 1.50 bits per heavy atom. The van der Waals surface area contributed by atoms with Gasteiger partial charge in [-0.3, -0.25) is 4.79 Å². The van der Waals surface area contributed by atoms with Crippen molar-refractivity contribution in [2.75, 3.05) is 24.7 Å². The van der Waals surface area contributed by atoms with Gasteiger partial charge in [-0.1, -0.05) is 23.7 Å². The normalized spacial score (nSPS) is 11.2. The van der Waals surface area contributed by atoms with E-state index < -0.39 is 24.6 Å². The zero-order valence-electron chi connectivity index (χ0n) is 13.4. The maximum atomic E-state index is 12.3. The predicted molar refractivity (Wildman–Crippen MR) is 90.6 cm³/mol. The molecule has 0 fully saturated rings. The average molecular weight is 351 g/mol. The Balaban J connectivity index is 2.70. The quantitative estimate of drug-likeness (QED) is 0.505. The minimum absolute atomic E-state index is 0.144. The van der Waals surface area contributed by atoms with Crippen molar-refractivity contribution < 1.29 is 19.1 Å². The Bertz CT molecular complexity index is 627. The molecular formula is C17H19ClN2O4. The van der Waals surface area contributed by atoms with Crippen LogP contribution in [-0.4, -0.2) is 37.7 Å². The molecule has 0 heterocycles. The fourth-order valence-corrected chi connectivity index (χ4v) is 2.00. The number of hydrogen-bond donors (Lipinski definition) is 0. The molecule has 1 rings (SSSR count). The fourth-order valence-electron chi connectivity index (χ4n) is 1.81. The SMILES string of the molecule is C=CCOC(C)C(=O)OCC(=O)N(CCC#N)c1cccc(Cl)c1. The van der Waals surface area contributed by atoms with Crippen molar-refractivity contribution in [3.05, 3.63) is 41.9 Å². The van der Waals surface area contributed by atoms with E-state index in [9.17, 15) is 9.59 Å². The van der Waals surface area contributed by atoms with Gasteiger partial charge in [-0.2, -0.15) is 5.26 Å². The van der Waals surface area contributed by atoms with E-state index in [4.69, 9.17) is 26.3 Å². The molecule has 0 aromatic heterocycles. The van der Waals surface area contributed by atoms with Gasteiger partial charge in [0.15, 0.2) is 12.7 Å². The summed E-state index contributed by atoms with van der Waals surface area (Å²) in [5, 5.41) is 9.21. The molecule has 0 saturated carbocycles. The van der Waals surface area contributed by atoms with E-state index in [0.29, 0.717) is 10.7 Å². The molecule has 0 aliphatic heterocycles. The first-order chi connectivity index (χ1) is 11.5. The Kier molecular flexibility index (Phi) is 8.55. The summed E-state index contributed by atoms with van der Waals surface area (Å²) < 4.78 is 10.1. The highest BCUT2D eigenvalue weighted by molar-refractivity contribution is 6.30. The zero-order chi connectivity index (χ0) is 17.9. The van der Waals surface area contributed by atoms with Crippen LogP contribution < -0.4 is 4.90 Å². The third kappa shape index (κ3) is 6.41. The summed E-state index contributed by atoms with van der Waals surface area (Å²) in [5.41, 5.74) is 0.537. The third-order valence-electron chi connectivity index (χ3n) is 3.00. The second kappa shape index (κ2) is 10.4. The second-order valence-corrected chi connectivity index (χ2v) is 5.24. The molecule has 1 aromatic rings. The molecule has 1 amide bonds. The molecule has 0 N–H and O–H groups in total. The molecular weight excluding hydrogens is 332 g/mol. The largest absolute Gasteiger partial charge is 0.454 e. The third-order valence-corrected chi connectivity index (χ3v) is 3.24. The number of carbonyl (C=O) groups is 2. The molecule has 0 aliphatic carbocycles. The summed E-state index contributed by atoms with van der Waals surface area (Å²) >= 11 is 5.93. The molecule has 1 aromatic carbocycles. The molecule has 1 unspecified atom stereocenters. The van der Waals surface area contributed by atoms with Crippen LogP contribution in [0.5, 0.6) is 0 Å². The topological polar surface area (TPSA) is 79.6 Å². The average Bonchev–Trinajstić information content (AvgIpc) is 2.57. The van der Waals surface area contributed by atoms with E-state index in [-0.39, 0.29) is 19.6 Å². The lowest BCUT2D eigenvalue weighted by molar-refractivity contribution is -0.157. The summed E-state index contributed by atoms with van der Waals surface area (Å²) in [6.07, 6.45) is 0.859. The van der Waals surface area contributed by atoms with Crippen molar-refractivity contribution in [1.82, 2.24) is 0 Å². The lowest BCUT2D eigenvalue weighted by Crippen LogP contribution is -2.36. The number of nitriles is 1. The summed E-state index contributed by atoms with van der Waals surface area (Å²) in [5.74, 6) is -1.09. The van der Waals surface area contributed by atoms with Gasteiger partial charge < -0.3 is 14.4 Å². The lowest BCUT2D eigenvalue weighted by atomic mass is 10.2. The number of hydrogen-bond acceptors (Lipinski definition) is 5. The van der Waals surface area contributed by atoms with E-state index in [1.807, 2.05) is 6.07 Å². The van der Waals surface area contributed by atoms with Crippen LogP contribution in [0.3, 0.4) is 0 Å². The standard InChI is InChI=1S/C17H19ClN2O4/c1-3-10-23-13(2)17(22)24-12-16(21)20(9-5-8-19)15-7-4-6-14(18)11-15/h3-4,6-7,11,13H,1,5,9-10,12H2,2H3. The first-order valence-corrected chi connectivity index (χ1v) is 7.69. The van der Waals surface area contributed by atoms with Crippen molar-refractivity contribution in [2.24, 2.45) is 0 Å². The fraction of sp³-hybridized carbons (Fsp3) is 0.353. The number of ether oxygens (including phenoxy) is 2. The maximum absolute atomic E-state index is 12.3. The van der Waals surface area contributed by atoms with Crippen LogP contribution in [0.15, 0.2) is 36.9 Å². The maximum Gasteiger partial charge on any atom is 0.335 e. The molecule has 6 nitrogen and oxygen atoms in total. The van der Waals surface area contributed by atoms with Crippen molar-refractivity contribution in [3.8, 4) is 6.07 Å². The van der Waals surface area contributed by atoms with E-state index in [1.54, 1.807) is 24.3 Å². The molecule has 1 atom stereocenters. The van der Waals surface area contributed by atoms with Gasteiger partial charge in [0.05, 0.1) is 19.1 Å². The smallest absolute Gasteiger partial charge is 0.335 e. The Labute approximate surface area is 146 Å². The van der Waals surface area contributed by atoms with Gasteiger partial charge in [0, 0.05) is 17.3 Å². The number of benzene rings is 1. The van der Waals surface area contributed by atoms with E-state index in [1.165, 1.54) is 17.9 Å². The Morgan fingerprint density at radius 3 is 2.88 bits per heavy atom. The number of nitrogens with zero attached hydrogens (tertiary/aromatic N) is 2. The Hall–Kier alpha value is -2.36. The summed E-state index contributed by atoms with van der Waals surface area (Å²) in [7, 11) is 0.